The van der Waals surface area contributed by atoms with E-state index in [4.69, 9.17) is 16.0 Å². The van der Waals surface area contributed by atoms with E-state index in [1.165, 1.54) is 0 Å². The van der Waals surface area contributed by atoms with E-state index in [-0.39, 0.29) is 5.76 Å². The van der Waals surface area contributed by atoms with Gasteiger partial charge in [-0.15, -0.1) is 0 Å². The van der Waals surface area contributed by atoms with E-state index < -0.39 is 0 Å². The molecule has 2 aromatic rings. The summed E-state index contributed by atoms with van der Waals surface area (Å²) in [7, 11) is 0. The molecule has 0 unspecified atom stereocenters. The molecule has 0 radical (unpaired) electrons. The van der Waals surface area contributed by atoms with Gasteiger partial charge >= 0.3 is 5.76 Å². The summed E-state index contributed by atoms with van der Waals surface area (Å²) < 4.78 is 6.78. The molecule has 0 amide bonds. The lowest BCUT2D eigenvalue weighted by Gasteiger charge is -2.04. The zero-order chi connectivity index (χ0) is 11.7. The molecule has 3 nitrogen and oxygen atoms in total. The monoisotopic (exact) mass is 239 g/mol. The van der Waals surface area contributed by atoms with Gasteiger partial charge in [0.1, 0.15) is 0 Å². The van der Waals surface area contributed by atoms with Crippen LogP contribution in [-0.4, -0.2) is 4.57 Å². The molecule has 0 saturated heterocycles. The van der Waals surface area contributed by atoms with Crippen LogP contribution in [0.1, 0.15) is 20.3 Å². The minimum absolute atomic E-state index is 0.307. The molecule has 16 heavy (non-hydrogen) atoms. The SMILES string of the molecule is CC(C)CCn1c(=O)oc2ccc(Cl)cc21. The van der Waals surface area contributed by atoms with Crippen molar-refractivity contribution in [2.45, 2.75) is 26.8 Å². The highest BCUT2D eigenvalue weighted by molar-refractivity contribution is 6.31. The predicted molar refractivity (Wildman–Crippen MR) is 64.9 cm³/mol. The van der Waals surface area contributed by atoms with E-state index in [9.17, 15) is 4.79 Å². The van der Waals surface area contributed by atoms with Gasteiger partial charge in [-0.2, -0.15) is 0 Å². The second kappa shape index (κ2) is 4.34. The number of benzene rings is 1. The number of rotatable bonds is 3. The van der Waals surface area contributed by atoms with Crippen LogP contribution in [0.2, 0.25) is 5.02 Å². The van der Waals surface area contributed by atoms with Gasteiger partial charge in [0.05, 0.1) is 5.52 Å². The van der Waals surface area contributed by atoms with Gasteiger partial charge in [0.2, 0.25) is 0 Å². The number of aromatic nitrogens is 1. The van der Waals surface area contributed by atoms with Crippen LogP contribution in [0.4, 0.5) is 0 Å². The van der Waals surface area contributed by atoms with Crippen LogP contribution < -0.4 is 5.76 Å². The van der Waals surface area contributed by atoms with Crippen LogP contribution in [0, 0.1) is 5.92 Å². The fraction of sp³-hybridized carbons (Fsp3) is 0.417. The summed E-state index contributed by atoms with van der Waals surface area (Å²) in [6, 6.07) is 5.21. The van der Waals surface area contributed by atoms with E-state index in [1.54, 1.807) is 22.8 Å². The average Bonchev–Trinajstić information content (AvgIpc) is 2.51. The number of hydrogen-bond donors (Lipinski definition) is 0. The third-order valence-corrected chi connectivity index (χ3v) is 2.79. The molecule has 0 aliphatic carbocycles. The van der Waals surface area contributed by atoms with Crippen LogP contribution in [0.3, 0.4) is 0 Å². The summed E-state index contributed by atoms with van der Waals surface area (Å²) in [4.78, 5) is 11.6. The zero-order valence-corrected chi connectivity index (χ0v) is 10.1. The summed E-state index contributed by atoms with van der Waals surface area (Å²) in [5.41, 5.74) is 1.37. The van der Waals surface area contributed by atoms with Gasteiger partial charge < -0.3 is 4.42 Å². The standard InChI is InChI=1S/C12H14ClNO2/c1-8(2)5-6-14-10-7-9(13)3-4-11(10)16-12(14)15/h3-4,7-8H,5-6H2,1-2H3. The molecule has 4 heteroatoms. The van der Waals surface area contributed by atoms with Gasteiger partial charge in [-0.25, -0.2) is 4.79 Å². The number of fused-ring (bicyclic) bond motifs is 1. The number of oxazole rings is 1. The highest BCUT2D eigenvalue weighted by Crippen LogP contribution is 2.19. The summed E-state index contributed by atoms with van der Waals surface area (Å²) in [6.45, 7) is 4.92. The Morgan fingerprint density at radius 3 is 2.88 bits per heavy atom. The van der Waals surface area contributed by atoms with Crippen molar-refractivity contribution in [2.75, 3.05) is 0 Å². The summed E-state index contributed by atoms with van der Waals surface area (Å²) >= 11 is 5.91. The molecule has 1 heterocycles. The van der Waals surface area contributed by atoms with E-state index in [0.29, 0.717) is 23.1 Å². The first kappa shape index (κ1) is 11.3. The molecule has 0 bridgehead atoms. The van der Waals surface area contributed by atoms with Gasteiger partial charge in [-0.3, -0.25) is 4.57 Å². The smallest absolute Gasteiger partial charge is 0.408 e. The molecule has 0 saturated carbocycles. The summed E-state index contributed by atoms with van der Waals surface area (Å²) in [5, 5.41) is 0.617. The Morgan fingerprint density at radius 2 is 2.19 bits per heavy atom. The predicted octanol–water partition coefficient (Wildman–Crippen LogP) is 3.29. The fourth-order valence-electron chi connectivity index (χ4n) is 1.63. The molecule has 86 valence electrons. The number of halogens is 1. The zero-order valence-electron chi connectivity index (χ0n) is 9.37. The lowest BCUT2D eigenvalue weighted by molar-refractivity contribution is 0.465. The molecule has 0 aliphatic rings. The van der Waals surface area contributed by atoms with Crippen molar-refractivity contribution in [3.63, 3.8) is 0 Å². The lowest BCUT2D eigenvalue weighted by Crippen LogP contribution is -2.15. The Balaban J connectivity index is 2.46. The van der Waals surface area contributed by atoms with Crippen molar-refractivity contribution in [1.82, 2.24) is 4.57 Å². The second-order valence-corrected chi connectivity index (χ2v) is 4.75. The third kappa shape index (κ3) is 2.14. The minimum Gasteiger partial charge on any atom is -0.408 e. The van der Waals surface area contributed by atoms with Crippen molar-refractivity contribution in [2.24, 2.45) is 5.92 Å². The molecule has 2 rings (SSSR count). The van der Waals surface area contributed by atoms with Gasteiger partial charge in [0.15, 0.2) is 5.58 Å². The van der Waals surface area contributed by atoms with Gasteiger partial charge in [-0.05, 0) is 30.5 Å². The second-order valence-electron chi connectivity index (χ2n) is 4.31. The van der Waals surface area contributed by atoms with E-state index in [1.807, 2.05) is 0 Å². The molecule has 0 fully saturated rings. The first-order valence-corrected chi connectivity index (χ1v) is 5.74. The van der Waals surface area contributed by atoms with E-state index >= 15 is 0 Å². The maximum atomic E-state index is 11.6. The number of aryl methyl sites for hydroxylation is 1. The Bertz CT molecular complexity index is 554. The number of nitrogens with zero attached hydrogens (tertiary/aromatic N) is 1. The van der Waals surface area contributed by atoms with E-state index in [0.717, 1.165) is 11.9 Å². The maximum Gasteiger partial charge on any atom is 0.419 e. The van der Waals surface area contributed by atoms with Crippen molar-refractivity contribution in [3.8, 4) is 0 Å². The van der Waals surface area contributed by atoms with Crippen molar-refractivity contribution < 1.29 is 4.42 Å². The Hall–Kier alpha value is -1.22. The van der Waals surface area contributed by atoms with Crippen LogP contribution in [-0.2, 0) is 6.54 Å². The summed E-state index contributed by atoms with van der Waals surface area (Å²) in [5.74, 6) is 0.244. The molecular weight excluding hydrogens is 226 g/mol. The molecule has 0 aliphatic heterocycles. The first-order chi connectivity index (χ1) is 7.58. The Labute approximate surface area is 98.6 Å². The van der Waals surface area contributed by atoms with Crippen molar-refractivity contribution in [1.29, 1.82) is 0 Å². The topological polar surface area (TPSA) is 35.1 Å². The normalized spacial score (nSPS) is 11.5. The highest BCUT2D eigenvalue weighted by atomic mass is 35.5. The maximum absolute atomic E-state index is 11.6. The van der Waals surface area contributed by atoms with Crippen LogP contribution >= 0.6 is 11.6 Å². The van der Waals surface area contributed by atoms with Crippen molar-refractivity contribution in [3.05, 3.63) is 33.8 Å². The lowest BCUT2D eigenvalue weighted by atomic mass is 10.1. The third-order valence-electron chi connectivity index (χ3n) is 2.56. The van der Waals surface area contributed by atoms with Crippen LogP contribution in [0.15, 0.2) is 27.4 Å². The average molecular weight is 240 g/mol. The molecule has 0 atom stereocenters. The Morgan fingerprint density at radius 1 is 1.44 bits per heavy atom. The molecule has 0 spiro atoms. The molecule has 1 aromatic carbocycles. The summed E-state index contributed by atoms with van der Waals surface area (Å²) in [6.07, 6.45) is 0.945. The minimum atomic E-state index is -0.307. The number of hydrogen-bond acceptors (Lipinski definition) is 2. The van der Waals surface area contributed by atoms with Crippen molar-refractivity contribution >= 4 is 22.7 Å². The van der Waals surface area contributed by atoms with Crippen LogP contribution in [0.25, 0.3) is 11.1 Å². The first-order valence-electron chi connectivity index (χ1n) is 5.37. The van der Waals surface area contributed by atoms with Crippen LogP contribution in [0.5, 0.6) is 0 Å². The highest BCUT2D eigenvalue weighted by Gasteiger charge is 2.09. The Kier molecular flexibility index (Phi) is 3.06. The van der Waals surface area contributed by atoms with Gasteiger partial charge in [0.25, 0.3) is 0 Å². The van der Waals surface area contributed by atoms with Gasteiger partial charge in [0, 0.05) is 11.6 Å². The van der Waals surface area contributed by atoms with Gasteiger partial charge in [-0.1, -0.05) is 25.4 Å². The molecule has 0 N–H and O–H groups in total. The fourth-order valence-corrected chi connectivity index (χ4v) is 1.80. The quantitative estimate of drug-likeness (QED) is 0.824. The van der Waals surface area contributed by atoms with E-state index in [2.05, 4.69) is 13.8 Å². The molecule has 1 aromatic heterocycles. The molecular formula is C12H14ClNO2. The largest absolute Gasteiger partial charge is 0.419 e.